The van der Waals surface area contributed by atoms with Gasteiger partial charge in [0, 0.05) is 18.8 Å². The molecule has 2 amide bonds. The van der Waals surface area contributed by atoms with Gasteiger partial charge < -0.3 is 10.4 Å². The van der Waals surface area contributed by atoms with Crippen LogP contribution in [0, 0.1) is 12.3 Å². The van der Waals surface area contributed by atoms with Gasteiger partial charge in [-0.25, -0.2) is 4.79 Å². The number of nitrogens with one attached hydrogen (secondary N) is 1. The number of amides is 2. The molecule has 0 radical (unpaired) electrons. The Morgan fingerprint density at radius 2 is 2.10 bits per heavy atom. The number of carbonyl (C=O) groups is 2. The molecule has 1 fully saturated rings. The van der Waals surface area contributed by atoms with E-state index in [9.17, 15) is 14.7 Å². The average Bonchev–Trinajstić information content (AvgIpc) is 2.38. The quantitative estimate of drug-likeness (QED) is 0.876. The van der Waals surface area contributed by atoms with Crippen LogP contribution >= 0.6 is 0 Å². The van der Waals surface area contributed by atoms with Crippen LogP contribution in [-0.2, 0) is 4.79 Å². The van der Waals surface area contributed by atoms with E-state index in [-0.39, 0.29) is 12.6 Å². The third-order valence-corrected chi connectivity index (χ3v) is 4.22. The molecule has 2 rings (SSSR count). The Morgan fingerprint density at radius 1 is 1.38 bits per heavy atom. The second-order valence-corrected chi connectivity index (χ2v) is 5.68. The van der Waals surface area contributed by atoms with Crippen molar-refractivity contribution in [2.75, 3.05) is 18.0 Å². The minimum atomic E-state index is -0.812. The molecule has 21 heavy (non-hydrogen) atoms. The lowest BCUT2D eigenvalue weighted by atomic mass is 9.69. The van der Waals surface area contributed by atoms with Gasteiger partial charge in [-0.15, -0.1) is 0 Å². The van der Waals surface area contributed by atoms with Crippen LogP contribution in [0.25, 0.3) is 0 Å². The molecule has 1 aromatic rings. The van der Waals surface area contributed by atoms with E-state index >= 15 is 0 Å². The lowest BCUT2D eigenvalue weighted by molar-refractivity contribution is -0.153. The summed E-state index contributed by atoms with van der Waals surface area (Å²) in [6.07, 6.45) is 2.19. The van der Waals surface area contributed by atoms with E-state index in [0.29, 0.717) is 19.4 Å². The first-order valence-electron chi connectivity index (χ1n) is 7.34. The number of aliphatic carboxylic acids is 1. The number of benzene rings is 1. The van der Waals surface area contributed by atoms with Gasteiger partial charge in [-0.2, -0.15) is 0 Å². The monoisotopic (exact) mass is 290 g/mol. The summed E-state index contributed by atoms with van der Waals surface area (Å²) >= 11 is 0. The molecular formula is C16H22N2O3. The van der Waals surface area contributed by atoms with Gasteiger partial charge in [0.2, 0.25) is 0 Å². The third-order valence-electron chi connectivity index (χ3n) is 4.22. The van der Waals surface area contributed by atoms with Crippen LogP contribution in [0.5, 0.6) is 0 Å². The number of rotatable bonds is 5. The van der Waals surface area contributed by atoms with Gasteiger partial charge in [0.25, 0.3) is 0 Å². The standard InChI is InChI=1S/C16H22N2O3/c1-3-18(13-7-4-6-12(2)10-13)15(21)17-11-16(14(19)20)8-5-9-16/h4,6-7,10H,3,5,8-9,11H2,1-2H3,(H,17,21)(H,19,20). The van der Waals surface area contributed by atoms with Crippen molar-refractivity contribution in [1.29, 1.82) is 0 Å². The molecule has 0 saturated heterocycles. The molecule has 1 aliphatic rings. The summed E-state index contributed by atoms with van der Waals surface area (Å²) in [7, 11) is 0. The summed E-state index contributed by atoms with van der Waals surface area (Å²) < 4.78 is 0. The summed E-state index contributed by atoms with van der Waals surface area (Å²) in [5, 5.41) is 12.1. The van der Waals surface area contributed by atoms with Crippen LogP contribution in [0.2, 0.25) is 0 Å². The van der Waals surface area contributed by atoms with Crippen molar-refractivity contribution in [3.8, 4) is 0 Å². The largest absolute Gasteiger partial charge is 0.481 e. The van der Waals surface area contributed by atoms with Crippen molar-refractivity contribution in [2.45, 2.75) is 33.1 Å². The highest BCUT2D eigenvalue weighted by molar-refractivity contribution is 5.92. The van der Waals surface area contributed by atoms with Gasteiger partial charge >= 0.3 is 12.0 Å². The summed E-state index contributed by atoms with van der Waals surface area (Å²) in [6, 6.07) is 7.47. The zero-order chi connectivity index (χ0) is 15.5. The summed E-state index contributed by atoms with van der Waals surface area (Å²) in [5.41, 5.74) is 1.15. The molecule has 5 nitrogen and oxygen atoms in total. The molecule has 2 N–H and O–H groups in total. The van der Waals surface area contributed by atoms with Gasteiger partial charge in [-0.1, -0.05) is 18.6 Å². The second kappa shape index (κ2) is 6.16. The Labute approximate surface area is 125 Å². The number of anilines is 1. The van der Waals surface area contributed by atoms with E-state index in [1.54, 1.807) is 4.90 Å². The summed E-state index contributed by atoms with van der Waals surface area (Å²) in [6.45, 7) is 4.61. The fourth-order valence-corrected chi connectivity index (χ4v) is 2.65. The summed E-state index contributed by atoms with van der Waals surface area (Å²) in [5.74, 6) is -0.812. The molecule has 1 aromatic carbocycles. The number of hydrogen-bond acceptors (Lipinski definition) is 2. The Bertz CT molecular complexity index is 538. The van der Waals surface area contributed by atoms with E-state index in [1.807, 2.05) is 38.1 Å². The maximum atomic E-state index is 12.3. The first-order valence-corrected chi connectivity index (χ1v) is 7.34. The van der Waals surface area contributed by atoms with Gasteiger partial charge in [0.1, 0.15) is 0 Å². The van der Waals surface area contributed by atoms with Crippen molar-refractivity contribution in [2.24, 2.45) is 5.41 Å². The maximum Gasteiger partial charge on any atom is 0.321 e. The van der Waals surface area contributed by atoms with Crippen LogP contribution in [0.3, 0.4) is 0 Å². The topological polar surface area (TPSA) is 69.6 Å². The molecule has 0 bridgehead atoms. The molecule has 0 atom stereocenters. The van der Waals surface area contributed by atoms with Gasteiger partial charge in [-0.3, -0.25) is 9.69 Å². The summed E-state index contributed by atoms with van der Waals surface area (Å²) in [4.78, 5) is 25.2. The third kappa shape index (κ3) is 3.17. The van der Waals surface area contributed by atoms with Crippen LogP contribution in [0.15, 0.2) is 24.3 Å². The highest BCUT2D eigenvalue weighted by atomic mass is 16.4. The van der Waals surface area contributed by atoms with Crippen molar-refractivity contribution in [1.82, 2.24) is 5.32 Å². The molecule has 114 valence electrons. The SMILES string of the molecule is CCN(C(=O)NCC1(C(=O)O)CCC1)c1cccc(C)c1. The first kappa shape index (κ1) is 15.4. The molecule has 5 heteroatoms. The van der Waals surface area contributed by atoms with E-state index in [2.05, 4.69) is 5.32 Å². The van der Waals surface area contributed by atoms with Crippen LogP contribution < -0.4 is 10.2 Å². The number of carboxylic acid groups (broad SMARTS) is 1. The van der Waals surface area contributed by atoms with Crippen molar-refractivity contribution >= 4 is 17.7 Å². The molecular weight excluding hydrogens is 268 g/mol. The molecule has 0 spiro atoms. The van der Waals surface area contributed by atoms with Gasteiger partial charge in [-0.05, 0) is 44.4 Å². The number of nitrogens with zero attached hydrogens (tertiary/aromatic N) is 1. The molecule has 1 saturated carbocycles. The number of hydrogen-bond donors (Lipinski definition) is 2. The fourth-order valence-electron chi connectivity index (χ4n) is 2.65. The average molecular weight is 290 g/mol. The smallest absolute Gasteiger partial charge is 0.321 e. The predicted octanol–water partition coefficient (Wildman–Crippen LogP) is 2.79. The Hall–Kier alpha value is -2.04. The van der Waals surface area contributed by atoms with E-state index < -0.39 is 11.4 Å². The molecule has 0 aliphatic heterocycles. The normalized spacial score (nSPS) is 15.9. The number of carboxylic acids is 1. The molecule has 0 heterocycles. The first-order chi connectivity index (χ1) is 9.98. The van der Waals surface area contributed by atoms with E-state index in [0.717, 1.165) is 17.7 Å². The molecule has 1 aliphatic carbocycles. The van der Waals surface area contributed by atoms with Crippen LogP contribution in [0.4, 0.5) is 10.5 Å². The van der Waals surface area contributed by atoms with E-state index in [1.165, 1.54) is 0 Å². The minimum absolute atomic E-state index is 0.198. The molecule has 0 aromatic heterocycles. The number of aryl methyl sites for hydroxylation is 1. The van der Waals surface area contributed by atoms with Crippen LogP contribution in [-0.4, -0.2) is 30.2 Å². The number of urea groups is 1. The Morgan fingerprint density at radius 3 is 2.57 bits per heavy atom. The highest BCUT2D eigenvalue weighted by Gasteiger charge is 2.44. The Kier molecular flexibility index (Phi) is 4.50. The van der Waals surface area contributed by atoms with Crippen molar-refractivity contribution < 1.29 is 14.7 Å². The van der Waals surface area contributed by atoms with Crippen molar-refractivity contribution in [3.63, 3.8) is 0 Å². The second-order valence-electron chi connectivity index (χ2n) is 5.68. The zero-order valence-electron chi connectivity index (χ0n) is 12.6. The minimum Gasteiger partial charge on any atom is -0.481 e. The van der Waals surface area contributed by atoms with Gasteiger partial charge in [0.05, 0.1) is 5.41 Å². The van der Waals surface area contributed by atoms with Crippen LogP contribution in [0.1, 0.15) is 31.7 Å². The fraction of sp³-hybridized carbons (Fsp3) is 0.500. The van der Waals surface area contributed by atoms with E-state index in [4.69, 9.17) is 0 Å². The molecule has 0 unspecified atom stereocenters. The highest BCUT2D eigenvalue weighted by Crippen LogP contribution is 2.40. The van der Waals surface area contributed by atoms with Crippen molar-refractivity contribution in [3.05, 3.63) is 29.8 Å². The van der Waals surface area contributed by atoms with Gasteiger partial charge in [0.15, 0.2) is 0 Å². The lowest BCUT2D eigenvalue weighted by Crippen LogP contribution is -2.50. The zero-order valence-corrected chi connectivity index (χ0v) is 12.6. The lowest BCUT2D eigenvalue weighted by Gasteiger charge is -2.38. The Balaban J connectivity index is 2.02. The number of carbonyl (C=O) groups excluding carboxylic acids is 1. The predicted molar refractivity (Wildman–Crippen MR) is 81.5 cm³/mol. The maximum absolute atomic E-state index is 12.3.